The Morgan fingerprint density at radius 3 is 2.70 bits per heavy atom. The molecule has 1 unspecified atom stereocenters. The topological polar surface area (TPSA) is 55.6 Å². The maximum atomic E-state index is 13.1. The number of aryl methyl sites for hydroxylation is 1. The molecular weight excluding hydrogens is 340 g/mol. The third-order valence-electron chi connectivity index (χ3n) is 5.16. The number of carbonyl (C=O) groups excluding carboxylic acids is 1. The molecule has 4 rings (SSSR count). The van der Waals surface area contributed by atoms with Crippen molar-refractivity contribution in [1.29, 1.82) is 0 Å². The smallest absolute Gasteiger partial charge is 0.276 e. The van der Waals surface area contributed by atoms with Crippen LogP contribution in [-0.2, 0) is 0 Å². The van der Waals surface area contributed by atoms with Gasteiger partial charge in [-0.2, -0.15) is 0 Å². The van der Waals surface area contributed by atoms with Gasteiger partial charge < -0.3 is 14.2 Å². The van der Waals surface area contributed by atoms with Gasteiger partial charge in [0, 0.05) is 18.2 Å². The van der Waals surface area contributed by atoms with Crippen molar-refractivity contribution in [2.75, 3.05) is 13.7 Å². The van der Waals surface area contributed by atoms with Crippen LogP contribution >= 0.6 is 0 Å². The highest BCUT2D eigenvalue weighted by Gasteiger charge is 2.32. The Hall–Kier alpha value is -3.08. The molecule has 138 valence electrons. The second-order valence-electron chi connectivity index (χ2n) is 6.82. The summed E-state index contributed by atoms with van der Waals surface area (Å²) >= 11 is 0. The number of benzene rings is 2. The largest absolute Gasteiger partial charge is 0.497 e. The van der Waals surface area contributed by atoms with Gasteiger partial charge in [0.25, 0.3) is 5.91 Å². The van der Waals surface area contributed by atoms with E-state index in [0.29, 0.717) is 11.5 Å². The predicted molar refractivity (Wildman–Crippen MR) is 103 cm³/mol. The third kappa shape index (κ3) is 3.33. The molecule has 0 spiro atoms. The van der Waals surface area contributed by atoms with Crippen molar-refractivity contribution in [2.45, 2.75) is 25.8 Å². The first kappa shape index (κ1) is 17.3. The first-order chi connectivity index (χ1) is 13.2. The summed E-state index contributed by atoms with van der Waals surface area (Å²) < 4.78 is 10.6. The van der Waals surface area contributed by atoms with Crippen LogP contribution in [0, 0.1) is 6.92 Å². The van der Waals surface area contributed by atoms with Gasteiger partial charge in [0.2, 0.25) is 0 Å². The average molecular weight is 362 g/mol. The Morgan fingerprint density at radius 1 is 1.19 bits per heavy atom. The van der Waals surface area contributed by atoms with E-state index in [9.17, 15) is 4.79 Å². The van der Waals surface area contributed by atoms with Gasteiger partial charge in [-0.15, -0.1) is 0 Å². The fraction of sp³-hybridized carbons (Fsp3) is 0.273. The van der Waals surface area contributed by atoms with Crippen molar-refractivity contribution in [2.24, 2.45) is 0 Å². The number of hydrogen-bond donors (Lipinski definition) is 0. The molecular formula is C22H22N2O3. The molecule has 5 nitrogen and oxygen atoms in total. The Morgan fingerprint density at radius 2 is 1.96 bits per heavy atom. The van der Waals surface area contributed by atoms with E-state index in [2.05, 4.69) is 24.2 Å². The lowest BCUT2D eigenvalue weighted by atomic mass is 9.99. The summed E-state index contributed by atoms with van der Waals surface area (Å²) in [5.74, 6) is 1.27. The lowest BCUT2D eigenvalue weighted by Crippen LogP contribution is -2.31. The average Bonchev–Trinajstić information content (AvgIpc) is 3.38. The summed E-state index contributed by atoms with van der Waals surface area (Å²) in [6.45, 7) is 2.83. The van der Waals surface area contributed by atoms with E-state index in [0.717, 1.165) is 30.7 Å². The summed E-state index contributed by atoms with van der Waals surface area (Å²) in [4.78, 5) is 15.0. The van der Waals surface area contributed by atoms with Crippen LogP contribution in [0.2, 0.25) is 0 Å². The quantitative estimate of drug-likeness (QED) is 0.679. The number of amides is 1. The van der Waals surface area contributed by atoms with Crippen molar-refractivity contribution in [3.63, 3.8) is 0 Å². The predicted octanol–water partition coefficient (Wildman–Crippen LogP) is 4.64. The van der Waals surface area contributed by atoms with Crippen LogP contribution in [0.5, 0.6) is 5.75 Å². The number of methoxy groups -OCH3 is 1. The molecule has 1 aliphatic rings. The van der Waals surface area contributed by atoms with Crippen molar-refractivity contribution < 1.29 is 14.1 Å². The van der Waals surface area contributed by atoms with Crippen LogP contribution in [-0.4, -0.2) is 29.6 Å². The van der Waals surface area contributed by atoms with E-state index >= 15 is 0 Å². The first-order valence-electron chi connectivity index (χ1n) is 9.15. The van der Waals surface area contributed by atoms with Crippen LogP contribution in [0.1, 0.15) is 40.5 Å². The number of hydrogen-bond acceptors (Lipinski definition) is 4. The minimum absolute atomic E-state index is 0.0794. The number of nitrogens with zero attached hydrogens (tertiary/aromatic N) is 2. The molecule has 5 heteroatoms. The van der Waals surface area contributed by atoms with Crippen LogP contribution in [0.25, 0.3) is 11.3 Å². The fourth-order valence-electron chi connectivity index (χ4n) is 3.71. The molecule has 3 aromatic rings. The SMILES string of the molecule is COc1ccc(-c2cc(C(=O)N3CCCC3c3ccccc3C)no2)cc1. The van der Waals surface area contributed by atoms with Crippen LogP contribution in [0.4, 0.5) is 0 Å². The van der Waals surface area contributed by atoms with E-state index in [1.54, 1.807) is 13.2 Å². The molecule has 0 aliphatic carbocycles. The van der Waals surface area contributed by atoms with Gasteiger partial charge >= 0.3 is 0 Å². The number of ether oxygens (including phenoxy) is 1. The van der Waals surface area contributed by atoms with Gasteiger partial charge in [-0.25, -0.2) is 0 Å². The summed E-state index contributed by atoms with van der Waals surface area (Å²) in [5, 5.41) is 4.03. The van der Waals surface area contributed by atoms with Crippen molar-refractivity contribution in [3.8, 4) is 17.1 Å². The molecule has 1 amide bonds. The molecule has 2 heterocycles. The number of carbonyl (C=O) groups is 1. The highest BCUT2D eigenvalue weighted by molar-refractivity contribution is 5.93. The summed E-state index contributed by atoms with van der Waals surface area (Å²) in [5.41, 5.74) is 3.63. The first-order valence-corrected chi connectivity index (χ1v) is 9.15. The van der Waals surface area contributed by atoms with Crippen LogP contribution in [0.3, 0.4) is 0 Å². The summed E-state index contributed by atoms with van der Waals surface area (Å²) in [6, 6.07) is 17.6. The Labute approximate surface area is 158 Å². The molecule has 1 fully saturated rings. The highest BCUT2D eigenvalue weighted by Crippen LogP contribution is 2.35. The van der Waals surface area contributed by atoms with Gasteiger partial charge in [-0.1, -0.05) is 29.4 Å². The standard InChI is InChI=1S/C22H22N2O3/c1-15-6-3-4-7-18(15)20-8-5-13-24(20)22(25)19-14-21(27-23-19)16-9-11-17(26-2)12-10-16/h3-4,6-7,9-12,14,20H,5,8,13H2,1-2H3. The number of likely N-dealkylation sites (tertiary alicyclic amines) is 1. The monoisotopic (exact) mass is 362 g/mol. The normalized spacial score (nSPS) is 16.5. The minimum atomic E-state index is -0.0794. The van der Waals surface area contributed by atoms with Gasteiger partial charge in [0.15, 0.2) is 11.5 Å². The second-order valence-corrected chi connectivity index (χ2v) is 6.82. The van der Waals surface area contributed by atoms with Gasteiger partial charge in [-0.05, 0) is 55.2 Å². The molecule has 1 saturated heterocycles. The van der Waals surface area contributed by atoms with E-state index < -0.39 is 0 Å². The zero-order valence-corrected chi connectivity index (χ0v) is 15.5. The molecule has 1 aromatic heterocycles. The summed E-state index contributed by atoms with van der Waals surface area (Å²) in [7, 11) is 1.63. The fourth-order valence-corrected chi connectivity index (χ4v) is 3.71. The van der Waals surface area contributed by atoms with Crippen LogP contribution < -0.4 is 4.74 Å². The number of aromatic nitrogens is 1. The maximum Gasteiger partial charge on any atom is 0.276 e. The molecule has 2 aromatic carbocycles. The Bertz CT molecular complexity index is 946. The second kappa shape index (κ2) is 7.27. The molecule has 1 atom stereocenters. The van der Waals surface area contributed by atoms with E-state index in [1.165, 1.54) is 11.1 Å². The molecule has 27 heavy (non-hydrogen) atoms. The van der Waals surface area contributed by atoms with Crippen molar-refractivity contribution in [1.82, 2.24) is 10.1 Å². The Balaban J connectivity index is 1.57. The van der Waals surface area contributed by atoms with E-state index in [1.807, 2.05) is 41.3 Å². The van der Waals surface area contributed by atoms with Crippen LogP contribution in [0.15, 0.2) is 59.1 Å². The Kier molecular flexibility index (Phi) is 4.67. The molecule has 0 saturated carbocycles. The van der Waals surface area contributed by atoms with Gasteiger partial charge in [0.05, 0.1) is 13.2 Å². The molecule has 0 radical (unpaired) electrons. The minimum Gasteiger partial charge on any atom is -0.497 e. The molecule has 0 bridgehead atoms. The maximum absolute atomic E-state index is 13.1. The molecule has 1 aliphatic heterocycles. The summed E-state index contributed by atoms with van der Waals surface area (Å²) in [6.07, 6.45) is 1.97. The third-order valence-corrected chi connectivity index (χ3v) is 5.16. The highest BCUT2D eigenvalue weighted by atomic mass is 16.5. The van der Waals surface area contributed by atoms with E-state index in [-0.39, 0.29) is 11.9 Å². The zero-order chi connectivity index (χ0) is 18.8. The lowest BCUT2D eigenvalue weighted by Gasteiger charge is -2.25. The number of rotatable bonds is 4. The van der Waals surface area contributed by atoms with Crippen molar-refractivity contribution in [3.05, 3.63) is 71.4 Å². The van der Waals surface area contributed by atoms with Gasteiger partial charge in [0.1, 0.15) is 5.75 Å². The lowest BCUT2D eigenvalue weighted by molar-refractivity contribution is 0.0725. The zero-order valence-electron chi connectivity index (χ0n) is 15.5. The van der Waals surface area contributed by atoms with E-state index in [4.69, 9.17) is 9.26 Å². The van der Waals surface area contributed by atoms with Gasteiger partial charge in [-0.3, -0.25) is 4.79 Å². The molecule has 0 N–H and O–H groups in total. The van der Waals surface area contributed by atoms with Crippen molar-refractivity contribution >= 4 is 5.91 Å².